The van der Waals surface area contributed by atoms with Crippen LogP contribution in [0.25, 0.3) is 27.7 Å². The highest BCUT2D eigenvalue weighted by molar-refractivity contribution is 9.10. The van der Waals surface area contributed by atoms with Gasteiger partial charge in [-0.05, 0) is 60.0 Å². The highest BCUT2D eigenvalue weighted by Crippen LogP contribution is 2.31. The Labute approximate surface area is 187 Å². The maximum atomic E-state index is 13.7. The van der Waals surface area contributed by atoms with Crippen LogP contribution in [0.5, 0.6) is 0 Å². The molecular formula is C22H22BrFN6O. The van der Waals surface area contributed by atoms with Gasteiger partial charge in [-0.15, -0.1) is 0 Å². The van der Waals surface area contributed by atoms with Crippen LogP contribution >= 0.6 is 15.9 Å². The number of nitrogens with two attached hydrogens (primary N) is 1. The van der Waals surface area contributed by atoms with E-state index >= 15 is 0 Å². The number of benzene rings is 1. The number of nitrogen functional groups attached to an aromatic ring is 1. The van der Waals surface area contributed by atoms with Gasteiger partial charge in [-0.25, -0.2) is 9.37 Å². The van der Waals surface area contributed by atoms with Crippen molar-refractivity contribution in [1.29, 1.82) is 0 Å². The molecule has 0 radical (unpaired) electrons. The number of rotatable bonds is 4. The van der Waals surface area contributed by atoms with Gasteiger partial charge in [0.15, 0.2) is 5.65 Å². The summed E-state index contributed by atoms with van der Waals surface area (Å²) in [6.07, 6.45) is 5.65. The fraction of sp³-hybridized carbons (Fsp3) is 0.318. The van der Waals surface area contributed by atoms with Crippen molar-refractivity contribution in [1.82, 2.24) is 24.9 Å². The van der Waals surface area contributed by atoms with Crippen LogP contribution in [0.1, 0.15) is 25.5 Å². The standard InChI is InChI=1S/C22H22BrFN6O/c1-12-6-16(4-5-31-12)26-11-19-20(23)21(25)30-22(29-19)17(10-28-30)14-7-13-8-15(24)2-3-18(13)27-9-14/h2-3,7-10,12,16,26H,4-6,11,25H2,1H3. The average molecular weight is 485 g/mol. The number of nitrogens with one attached hydrogen (secondary N) is 1. The summed E-state index contributed by atoms with van der Waals surface area (Å²) in [5.74, 6) is 0.182. The van der Waals surface area contributed by atoms with Crippen LogP contribution in [-0.2, 0) is 11.3 Å². The van der Waals surface area contributed by atoms with E-state index in [1.54, 1.807) is 23.0 Å². The molecule has 3 aromatic heterocycles. The molecule has 4 heterocycles. The van der Waals surface area contributed by atoms with Crippen LogP contribution in [0.15, 0.2) is 41.1 Å². The predicted octanol–water partition coefficient (Wildman–Crippen LogP) is 4.09. The zero-order valence-electron chi connectivity index (χ0n) is 17.0. The second-order valence-corrected chi connectivity index (χ2v) is 8.69. The summed E-state index contributed by atoms with van der Waals surface area (Å²) in [6, 6.07) is 6.81. The second kappa shape index (κ2) is 8.14. The third kappa shape index (κ3) is 3.88. The Morgan fingerprint density at radius 3 is 3.03 bits per heavy atom. The molecule has 2 atom stereocenters. The maximum absolute atomic E-state index is 13.7. The molecule has 2 unspecified atom stereocenters. The van der Waals surface area contributed by atoms with Gasteiger partial charge in [0.2, 0.25) is 0 Å². The second-order valence-electron chi connectivity index (χ2n) is 7.90. The third-order valence-corrected chi connectivity index (χ3v) is 6.55. The SMILES string of the molecule is CC1CC(NCc2nc3c(-c4cnc5ccc(F)cc5c4)cnn3c(N)c2Br)CCO1. The lowest BCUT2D eigenvalue weighted by molar-refractivity contribution is 0.0130. The molecule has 1 aromatic carbocycles. The van der Waals surface area contributed by atoms with Gasteiger partial charge in [0, 0.05) is 41.9 Å². The minimum atomic E-state index is -0.298. The van der Waals surface area contributed by atoms with Crippen molar-refractivity contribution in [2.75, 3.05) is 12.3 Å². The summed E-state index contributed by atoms with van der Waals surface area (Å²) in [6.45, 7) is 3.43. The Kier molecular flexibility index (Phi) is 5.33. The van der Waals surface area contributed by atoms with Crippen LogP contribution in [0.2, 0.25) is 0 Å². The van der Waals surface area contributed by atoms with Crippen LogP contribution < -0.4 is 11.1 Å². The van der Waals surface area contributed by atoms with E-state index in [9.17, 15) is 4.39 Å². The molecule has 1 fully saturated rings. The normalized spacial score (nSPS) is 19.3. The van der Waals surface area contributed by atoms with E-state index in [0.29, 0.717) is 24.1 Å². The van der Waals surface area contributed by atoms with Crippen LogP contribution in [0.4, 0.5) is 10.2 Å². The van der Waals surface area contributed by atoms with Gasteiger partial charge in [-0.1, -0.05) is 0 Å². The summed E-state index contributed by atoms with van der Waals surface area (Å²) in [5, 5.41) is 8.71. The molecule has 4 aromatic rings. The van der Waals surface area contributed by atoms with Crippen molar-refractivity contribution < 1.29 is 9.13 Å². The van der Waals surface area contributed by atoms with E-state index in [2.05, 4.69) is 38.3 Å². The molecule has 0 amide bonds. The Morgan fingerprint density at radius 1 is 1.32 bits per heavy atom. The summed E-state index contributed by atoms with van der Waals surface area (Å²) in [7, 11) is 0. The number of halogens is 2. The Bertz CT molecular complexity index is 1280. The third-order valence-electron chi connectivity index (χ3n) is 5.69. The summed E-state index contributed by atoms with van der Waals surface area (Å²) in [5.41, 5.74) is 10.1. The van der Waals surface area contributed by atoms with Gasteiger partial charge in [0.25, 0.3) is 0 Å². The first kappa shape index (κ1) is 20.3. The van der Waals surface area contributed by atoms with E-state index in [4.69, 9.17) is 15.5 Å². The molecule has 1 aliphatic rings. The fourth-order valence-corrected chi connectivity index (χ4v) is 4.44. The van der Waals surface area contributed by atoms with Crippen molar-refractivity contribution in [2.24, 2.45) is 0 Å². The lowest BCUT2D eigenvalue weighted by Gasteiger charge is -2.28. The average Bonchev–Trinajstić information content (AvgIpc) is 3.19. The predicted molar refractivity (Wildman–Crippen MR) is 121 cm³/mol. The smallest absolute Gasteiger partial charge is 0.165 e. The highest BCUT2D eigenvalue weighted by Gasteiger charge is 2.21. The first-order chi connectivity index (χ1) is 15.0. The molecule has 0 bridgehead atoms. The van der Waals surface area contributed by atoms with E-state index in [0.717, 1.165) is 51.6 Å². The van der Waals surface area contributed by atoms with Crippen LogP contribution in [-0.4, -0.2) is 38.3 Å². The zero-order chi connectivity index (χ0) is 21.5. The van der Waals surface area contributed by atoms with Gasteiger partial charge in [0.1, 0.15) is 11.6 Å². The van der Waals surface area contributed by atoms with Crippen molar-refractivity contribution in [3.63, 3.8) is 0 Å². The van der Waals surface area contributed by atoms with Crippen molar-refractivity contribution >= 4 is 38.3 Å². The molecule has 0 aliphatic carbocycles. The van der Waals surface area contributed by atoms with Gasteiger partial charge in [0.05, 0.1) is 28.0 Å². The molecule has 31 heavy (non-hydrogen) atoms. The summed E-state index contributed by atoms with van der Waals surface area (Å²) in [4.78, 5) is 9.31. The van der Waals surface area contributed by atoms with Crippen molar-refractivity contribution in [2.45, 2.75) is 38.5 Å². The quantitative estimate of drug-likeness (QED) is 0.453. The minimum Gasteiger partial charge on any atom is -0.383 e. The largest absolute Gasteiger partial charge is 0.383 e. The molecule has 0 saturated carbocycles. The number of aromatic nitrogens is 4. The van der Waals surface area contributed by atoms with Gasteiger partial charge < -0.3 is 15.8 Å². The van der Waals surface area contributed by atoms with Gasteiger partial charge >= 0.3 is 0 Å². The summed E-state index contributed by atoms with van der Waals surface area (Å²) < 4.78 is 21.6. The number of hydrogen-bond acceptors (Lipinski definition) is 6. The van der Waals surface area contributed by atoms with E-state index in [-0.39, 0.29) is 11.9 Å². The number of ether oxygens (including phenoxy) is 1. The van der Waals surface area contributed by atoms with Gasteiger partial charge in [-0.2, -0.15) is 9.61 Å². The number of hydrogen-bond donors (Lipinski definition) is 2. The van der Waals surface area contributed by atoms with E-state index in [1.807, 2.05) is 6.07 Å². The van der Waals surface area contributed by atoms with E-state index < -0.39 is 0 Å². The first-order valence-corrected chi connectivity index (χ1v) is 11.0. The van der Waals surface area contributed by atoms with Crippen LogP contribution in [0, 0.1) is 5.82 Å². The molecular weight excluding hydrogens is 463 g/mol. The van der Waals surface area contributed by atoms with Crippen molar-refractivity contribution in [3.8, 4) is 11.1 Å². The fourth-order valence-electron chi connectivity index (χ4n) is 4.04. The zero-order valence-corrected chi connectivity index (χ0v) is 18.6. The molecule has 7 nitrogen and oxygen atoms in total. The van der Waals surface area contributed by atoms with E-state index in [1.165, 1.54) is 12.1 Å². The topological polar surface area (TPSA) is 90.4 Å². The number of anilines is 1. The van der Waals surface area contributed by atoms with Crippen molar-refractivity contribution in [3.05, 3.63) is 52.6 Å². The Balaban J connectivity index is 1.51. The number of fused-ring (bicyclic) bond motifs is 2. The molecule has 1 saturated heterocycles. The number of nitrogens with zero attached hydrogens (tertiary/aromatic N) is 4. The molecule has 3 N–H and O–H groups in total. The molecule has 9 heteroatoms. The lowest BCUT2D eigenvalue weighted by atomic mass is 10.0. The Hall–Kier alpha value is -2.62. The Morgan fingerprint density at radius 2 is 2.19 bits per heavy atom. The van der Waals surface area contributed by atoms with Crippen LogP contribution in [0.3, 0.4) is 0 Å². The molecule has 160 valence electrons. The lowest BCUT2D eigenvalue weighted by Crippen LogP contribution is -2.37. The number of pyridine rings is 1. The molecule has 1 aliphatic heterocycles. The monoisotopic (exact) mass is 484 g/mol. The minimum absolute atomic E-state index is 0.252. The first-order valence-electron chi connectivity index (χ1n) is 10.2. The maximum Gasteiger partial charge on any atom is 0.165 e. The molecule has 5 rings (SSSR count). The summed E-state index contributed by atoms with van der Waals surface area (Å²) >= 11 is 3.58. The highest BCUT2D eigenvalue weighted by atomic mass is 79.9. The van der Waals surface area contributed by atoms with Gasteiger partial charge in [-0.3, -0.25) is 4.98 Å². The molecule has 0 spiro atoms.